The maximum absolute atomic E-state index is 12.0. The first-order valence-electron chi connectivity index (χ1n) is 8.89. The second-order valence-corrected chi connectivity index (χ2v) is 6.94. The van der Waals surface area contributed by atoms with Crippen molar-refractivity contribution in [1.29, 1.82) is 0 Å². The average molecular weight is 379 g/mol. The van der Waals surface area contributed by atoms with Gasteiger partial charge in [0.25, 0.3) is 5.56 Å². The van der Waals surface area contributed by atoms with E-state index in [0.717, 1.165) is 28.6 Å². The molecule has 2 aromatic carbocycles. The van der Waals surface area contributed by atoms with Crippen LogP contribution in [0.5, 0.6) is 0 Å². The zero-order valence-corrected chi connectivity index (χ0v) is 15.6. The van der Waals surface area contributed by atoms with Gasteiger partial charge in [-0.15, -0.1) is 0 Å². The number of aromatic nitrogens is 4. The normalized spacial score (nSPS) is 12.4. The Hall–Kier alpha value is -2.92. The van der Waals surface area contributed by atoms with Gasteiger partial charge in [-0.3, -0.25) is 4.79 Å². The third kappa shape index (κ3) is 3.64. The molecular weight excluding hydrogens is 360 g/mol. The number of nitrogens with one attached hydrogen (secondary N) is 1. The number of hydrogen-bond acceptors (Lipinski definition) is 3. The van der Waals surface area contributed by atoms with E-state index in [-0.39, 0.29) is 11.6 Å². The van der Waals surface area contributed by atoms with Crippen molar-refractivity contribution in [2.24, 2.45) is 0 Å². The van der Waals surface area contributed by atoms with Crippen molar-refractivity contribution < 1.29 is 0 Å². The quantitative estimate of drug-likeness (QED) is 0.567. The molecule has 1 N–H and O–H groups in total. The molecule has 5 nitrogen and oxygen atoms in total. The summed E-state index contributed by atoms with van der Waals surface area (Å²) >= 11 is 6.05. The zero-order chi connectivity index (χ0) is 18.8. The lowest BCUT2D eigenvalue weighted by atomic mass is 9.98. The number of rotatable bonds is 5. The number of aromatic amines is 1. The molecule has 2 heterocycles. The molecule has 27 heavy (non-hydrogen) atoms. The lowest BCUT2D eigenvalue weighted by molar-refractivity contribution is 0.581. The average Bonchev–Trinajstić information content (AvgIpc) is 3.21. The minimum Gasteiger partial charge on any atom is -0.330 e. The predicted octanol–water partition coefficient (Wildman–Crippen LogP) is 4.17. The van der Waals surface area contributed by atoms with E-state index >= 15 is 0 Å². The van der Waals surface area contributed by atoms with Crippen LogP contribution in [0.4, 0.5) is 0 Å². The van der Waals surface area contributed by atoms with E-state index in [9.17, 15) is 4.79 Å². The first-order chi connectivity index (χ1) is 13.1. The molecule has 6 heteroatoms. The van der Waals surface area contributed by atoms with Crippen LogP contribution in [0, 0.1) is 0 Å². The predicted molar refractivity (Wildman–Crippen MR) is 107 cm³/mol. The van der Waals surface area contributed by atoms with Crippen molar-refractivity contribution in [3.63, 3.8) is 0 Å². The highest BCUT2D eigenvalue weighted by molar-refractivity contribution is 6.30. The van der Waals surface area contributed by atoms with Crippen molar-refractivity contribution in [3.05, 3.63) is 93.4 Å². The zero-order valence-electron chi connectivity index (χ0n) is 14.9. The van der Waals surface area contributed by atoms with Crippen LogP contribution in [0.2, 0.25) is 5.02 Å². The van der Waals surface area contributed by atoms with Gasteiger partial charge >= 0.3 is 0 Å². The Labute approximate surface area is 161 Å². The molecule has 0 bridgehead atoms. The number of imidazole rings is 1. The van der Waals surface area contributed by atoms with E-state index < -0.39 is 0 Å². The van der Waals surface area contributed by atoms with Crippen molar-refractivity contribution in [2.45, 2.75) is 25.8 Å². The van der Waals surface area contributed by atoms with E-state index in [4.69, 9.17) is 11.6 Å². The Bertz CT molecular complexity index is 1120. The Kier molecular flexibility index (Phi) is 4.77. The summed E-state index contributed by atoms with van der Waals surface area (Å²) in [5.74, 6) is 0. The summed E-state index contributed by atoms with van der Waals surface area (Å²) in [5.41, 5.74) is 4.30. The van der Waals surface area contributed by atoms with Crippen LogP contribution in [0.1, 0.15) is 29.8 Å². The van der Waals surface area contributed by atoms with Crippen LogP contribution in [0.15, 0.2) is 66.0 Å². The Morgan fingerprint density at radius 1 is 1.19 bits per heavy atom. The molecule has 2 aromatic heterocycles. The van der Waals surface area contributed by atoms with Crippen molar-refractivity contribution >= 4 is 22.6 Å². The summed E-state index contributed by atoms with van der Waals surface area (Å²) in [6.07, 6.45) is 6.95. The summed E-state index contributed by atoms with van der Waals surface area (Å²) in [5, 5.41) is 0.717. The summed E-state index contributed by atoms with van der Waals surface area (Å²) in [6, 6.07) is 14.0. The SMILES string of the molecule is CCc1nc2cc(CC(c3ccc(Cl)cc3)n3ccnc3)ccc2[nH]c1=O. The van der Waals surface area contributed by atoms with Gasteiger partial charge in [-0.2, -0.15) is 0 Å². The molecule has 0 saturated heterocycles. The van der Waals surface area contributed by atoms with E-state index in [0.29, 0.717) is 17.1 Å². The summed E-state index contributed by atoms with van der Waals surface area (Å²) < 4.78 is 2.09. The maximum Gasteiger partial charge on any atom is 0.270 e. The second kappa shape index (κ2) is 7.37. The Morgan fingerprint density at radius 2 is 2.00 bits per heavy atom. The fourth-order valence-electron chi connectivity index (χ4n) is 3.29. The number of halogens is 1. The monoisotopic (exact) mass is 378 g/mol. The fraction of sp³-hybridized carbons (Fsp3) is 0.190. The molecular formula is C21H19ClN4O. The number of fused-ring (bicyclic) bond motifs is 1. The van der Waals surface area contributed by atoms with Gasteiger partial charge < -0.3 is 9.55 Å². The molecule has 4 rings (SSSR count). The molecule has 0 amide bonds. The molecule has 0 spiro atoms. The summed E-state index contributed by atoms with van der Waals surface area (Å²) in [7, 11) is 0. The second-order valence-electron chi connectivity index (χ2n) is 6.50. The first-order valence-corrected chi connectivity index (χ1v) is 9.26. The molecule has 0 aliphatic heterocycles. The standard InChI is InChI=1S/C21H19ClN4O/c1-2-17-21(27)25-18-8-3-14(11-19(18)24-17)12-20(26-10-9-23-13-26)15-4-6-16(22)7-5-15/h3-11,13,20H,2,12H2,1H3,(H,25,27). The molecule has 0 radical (unpaired) electrons. The van der Waals surface area contributed by atoms with Gasteiger partial charge in [0.05, 0.1) is 23.4 Å². The highest BCUT2D eigenvalue weighted by Gasteiger charge is 2.15. The summed E-state index contributed by atoms with van der Waals surface area (Å²) in [4.78, 5) is 23.6. The lowest BCUT2D eigenvalue weighted by Gasteiger charge is -2.19. The van der Waals surface area contributed by atoms with Gasteiger partial charge in [-0.1, -0.05) is 36.7 Å². The lowest BCUT2D eigenvalue weighted by Crippen LogP contribution is -2.15. The van der Waals surface area contributed by atoms with Crippen LogP contribution >= 0.6 is 11.6 Å². The molecule has 0 aliphatic rings. The van der Waals surface area contributed by atoms with E-state index in [1.165, 1.54) is 0 Å². The number of hydrogen-bond donors (Lipinski definition) is 1. The highest BCUT2D eigenvalue weighted by atomic mass is 35.5. The van der Waals surface area contributed by atoms with Gasteiger partial charge in [0.15, 0.2) is 0 Å². The minimum atomic E-state index is -0.116. The van der Waals surface area contributed by atoms with Crippen molar-refractivity contribution in [3.8, 4) is 0 Å². The highest BCUT2D eigenvalue weighted by Crippen LogP contribution is 2.25. The van der Waals surface area contributed by atoms with Crippen LogP contribution in [-0.2, 0) is 12.8 Å². The molecule has 136 valence electrons. The van der Waals surface area contributed by atoms with E-state index in [1.807, 2.05) is 61.9 Å². The number of nitrogens with zero attached hydrogens (tertiary/aromatic N) is 3. The van der Waals surface area contributed by atoms with Gasteiger partial charge in [-0.25, -0.2) is 9.97 Å². The van der Waals surface area contributed by atoms with Gasteiger partial charge in [-0.05, 0) is 48.2 Å². The van der Waals surface area contributed by atoms with Gasteiger partial charge in [0, 0.05) is 17.4 Å². The topological polar surface area (TPSA) is 63.6 Å². The van der Waals surface area contributed by atoms with E-state index in [2.05, 4.69) is 19.5 Å². The van der Waals surface area contributed by atoms with Crippen LogP contribution < -0.4 is 5.56 Å². The van der Waals surface area contributed by atoms with Crippen LogP contribution in [0.25, 0.3) is 11.0 Å². The van der Waals surface area contributed by atoms with E-state index in [1.54, 1.807) is 6.20 Å². The molecule has 0 saturated carbocycles. The van der Waals surface area contributed by atoms with Crippen LogP contribution in [-0.4, -0.2) is 19.5 Å². The molecule has 1 atom stereocenters. The fourth-order valence-corrected chi connectivity index (χ4v) is 3.42. The van der Waals surface area contributed by atoms with Crippen molar-refractivity contribution in [2.75, 3.05) is 0 Å². The number of aryl methyl sites for hydroxylation is 1. The van der Waals surface area contributed by atoms with Gasteiger partial charge in [0.2, 0.25) is 0 Å². The van der Waals surface area contributed by atoms with Crippen molar-refractivity contribution in [1.82, 2.24) is 19.5 Å². The smallest absolute Gasteiger partial charge is 0.270 e. The van der Waals surface area contributed by atoms with Crippen LogP contribution in [0.3, 0.4) is 0 Å². The molecule has 0 fully saturated rings. The minimum absolute atomic E-state index is 0.0932. The van der Waals surface area contributed by atoms with Gasteiger partial charge in [0.1, 0.15) is 5.69 Å². The summed E-state index contributed by atoms with van der Waals surface area (Å²) in [6.45, 7) is 1.93. The number of H-pyrrole nitrogens is 1. The third-order valence-electron chi connectivity index (χ3n) is 4.73. The molecule has 1 unspecified atom stereocenters. The number of benzene rings is 2. The third-order valence-corrected chi connectivity index (χ3v) is 4.98. The maximum atomic E-state index is 12.0. The Morgan fingerprint density at radius 3 is 2.70 bits per heavy atom. The first kappa shape index (κ1) is 17.5. The Balaban J connectivity index is 1.73. The molecule has 4 aromatic rings. The molecule has 0 aliphatic carbocycles. The largest absolute Gasteiger partial charge is 0.330 e.